The first-order valence-electron chi connectivity index (χ1n) is 5.90. The quantitative estimate of drug-likeness (QED) is 0.790. The molecule has 1 fully saturated rings. The van der Waals surface area contributed by atoms with Crippen LogP contribution in [0.4, 0.5) is 0 Å². The Labute approximate surface area is 103 Å². The van der Waals surface area contributed by atoms with Crippen LogP contribution in [0.3, 0.4) is 0 Å². The van der Waals surface area contributed by atoms with E-state index in [1.807, 2.05) is 11.8 Å². The molecular formula is C12H24N2OS. The molecule has 1 heterocycles. The Morgan fingerprint density at radius 1 is 1.44 bits per heavy atom. The molecule has 1 saturated heterocycles. The van der Waals surface area contributed by atoms with Crippen LogP contribution in [0.15, 0.2) is 0 Å². The Morgan fingerprint density at radius 2 is 2.06 bits per heavy atom. The van der Waals surface area contributed by atoms with Gasteiger partial charge in [0, 0.05) is 5.75 Å². The summed E-state index contributed by atoms with van der Waals surface area (Å²) in [6.45, 7) is 9.53. The van der Waals surface area contributed by atoms with Gasteiger partial charge in [0.25, 0.3) is 0 Å². The van der Waals surface area contributed by atoms with Crippen LogP contribution in [0.1, 0.15) is 34.1 Å². The van der Waals surface area contributed by atoms with Gasteiger partial charge in [-0.05, 0) is 30.1 Å². The van der Waals surface area contributed by atoms with E-state index >= 15 is 0 Å². The molecule has 0 aromatic rings. The van der Waals surface area contributed by atoms with Crippen LogP contribution in [0.2, 0.25) is 0 Å². The summed E-state index contributed by atoms with van der Waals surface area (Å²) >= 11 is 1.83. The summed E-state index contributed by atoms with van der Waals surface area (Å²) in [5.41, 5.74) is 5.27. The van der Waals surface area contributed by atoms with Crippen LogP contribution in [0, 0.1) is 11.3 Å². The smallest absolute Gasteiger partial charge is 0.238 e. The molecule has 0 spiro atoms. The van der Waals surface area contributed by atoms with Crippen molar-refractivity contribution in [2.24, 2.45) is 17.1 Å². The number of carbonyl (C=O) groups is 1. The molecule has 1 aliphatic heterocycles. The molecule has 0 aromatic carbocycles. The fourth-order valence-corrected chi connectivity index (χ4v) is 3.63. The molecule has 1 unspecified atom stereocenters. The maximum atomic E-state index is 11.7. The molecule has 1 aliphatic rings. The standard InChI is InChI=1S/C12H24N2OS/c1-9(2)5-14-12(10(13)15)6-11(3,4)7-16-8-12/h9,14H,5-8H2,1-4H3,(H2,13,15). The van der Waals surface area contributed by atoms with Crippen LogP contribution >= 0.6 is 11.8 Å². The van der Waals surface area contributed by atoms with E-state index in [0.717, 1.165) is 24.5 Å². The maximum absolute atomic E-state index is 11.7. The van der Waals surface area contributed by atoms with E-state index in [4.69, 9.17) is 5.73 Å². The van der Waals surface area contributed by atoms with Crippen LogP contribution in [-0.4, -0.2) is 29.5 Å². The van der Waals surface area contributed by atoms with Crippen molar-refractivity contribution in [2.75, 3.05) is 18.1 Å². The second kappa shape index (κ2) is 4.96. The van der Waals surface area contributed by atoms with Crippen molar-refractivity contribution in [3.63, 3.8) is 0 Å². The van der Waals surface area contributed by atoms with Gasteiger partial charge in [-0.3, -0.25) is 4.79 Å². The highest BCUT2D eigenvalue weighted by Gasteiger charge is 2.44. The first kappa shape index (κ1) is 13.8. The van der Waals surface area contributed by atoms with Gasteiger partial charge in [-0.2, -0.15) is 11.8 Å². The van der Waals surface area contributed by atoms with Crippen molar-refractivity contribution in [1.82, 2.24) is 5.32 Å². The highest BCUT2D eigenvalue weighted by Crippen LogP contribution is 2.39. The van der Waals surface area contributed by atoms with E-state index in [1.165, 1.54) is 0 Å². The molecule has 0 radical (unpaired) electrons. The molecule has 0 bridgehead atoms. The summed E-state index contributed by atoms with van der Waals surface area (Å²) in [6.07, 6.45) is 0.842. The summed E-state index contributed by atoms with van der Waals surface area (Å²) in [7, 11) is 0. The monoisotopic (exact) mass is 244 g/mol. The second-order valence-corrected chi connectivity index (χ2v) is 7.04. The summed E-state index contributed by atoms with van der Waals surface area (Å²) in [6, 6.07) is 0. The lowest BCUT2D eigenvalue weighted by Crippen LogP contribution is -2.62. The van der Waals surface area contributed by atoms with Crippen molar-refractivity contribution in [3.8, 4) is 0 Å². The summed E-state index contributed by atoms with van der Waals surface area (Å²) in [5, 5.41) is 3.39. The van der Waals surface area contributed by atoms with E-state index in [0.29, 0.717) is 5.92 Å². The first-order valence-corrected chi connectivity index (χ1v) is 7.06. The third-order valence-corrected chi connectivity index (χ3v) is 4.62. The van der Waals surface area contributed by atoms with Crippen molar-refractivity contribution >= 4 is 17.7 Å². The summed E-state index contributed by atoms with van der Waals surface area (Å²) < 4.78 is 0. The molecule has 0 saturated carbocycles. The van der Waals surface area contributed by atoms with E-state index in [9.17, 15) is 4.79 Å². The summed E-state index contributed by atoms with van der Waals surface area (Å²) in [4.78, 5) is 11.7. The van der Waals surface area contributed by atoms with Crippen LogP contribution in [0.25, 0.3) is 0 Å². The van der Waals surface area contributed by atoms with E-state index in [-0.39, 0.29) is 11.3 Å². The average molecular weight is 244 g/mol. The van der Waals surface area contributed by atoms with Gasteiger partial charge in [0.1, 0.15) is 5.54 Å². The predicted molar refractivity (Wildman–Crippen MR) is 70.5 cm³/mol. The molecule has 4 heteroatoms. The number of nitrogens with one attached hydrogen (secondary N) is 1. The molecule has 1 atom stereocenters. The minimum atomic E-state index is -0.503. The van der Waals surface area contributed by atoms with Gasteiger partial charge in [-0.25, -0.2) is 0 Å². The number of hydrogen-bond acceptors (Lipinski definition) is 3. The zero-order chi connectivity index (χ0) is 12.4. The molecule has 0 aliphatic carbocycles. The fraction of sp³-hybridized carbons (Fsp3) is 0.917. The Bertz CT molecular complexity index is 266. The van der Waals surface area contributed by atoms with E-state index in [2.05, 4.69) is 33.0 Å². The molecule has 3 nitrogen and oxygen atoms in total. The minimum absolute atomic E-state index is 0.182. The Balaban J connectivity index is 2.76. The zero-order valence-electron chi connectivity index (χ0n) is 10.8. The number of primary amides is 1. The number of hydrogen-bond donors (Lipinski definition) is 2. The third-order valence-electron chi connectivity index (χ3n) is 2.94. The van der Waals surface area contributed by atoms with Gasteiger partial charge in [0.05, 0.1) is 0 Å². The average Bonchev–Trinajstić information content (AvgIpc) is 2.13. The molecule has 0 aromatic heterocycles. The van der Waals surface area contributed by atoms with Crippen LogP contribution in [0.5, 0.6) is 0 Å². The third kappa shape index (κ3) is 3.39. The second-order valence-electron chi connectivity index (χ2n) is 6.05. The van der Waals surface area contributed by atoms with Crippen molar-refractivity contribution in [2.45, 2.75) is 39.7 Å². The fourth-order valence-electron chi connectivity index (χ4n) is 2.18. The SMILES string of the molecule is CC(C)CNC1(C(N)=O)CSCC(C)(C)C1. The van der Waals surface area contributed by atoms with Crippen LogP contribution in [-0.2, 0) is 4.79 Å². The highest BCUT2D eigenvalue weighted by atomic mass is 32.2. The lowest BCUT2D eigenvalue weighted by Gasteiger charge is -2.43. The Kier molecular flexibility index (Phi) is 4.29. The topological polar surface area (TPSA) is 55.1 Å². The Hall–Kier alpha value is -0.220. The van der Waals surface area contributed by atoms with E-state index < -0.39 is 5.54 Å². The van der Waals surface area contributed by atoms with Gasteiger partial charge < -0.3 is 11.1 Å². The molecule has 16 heavy (non-hydrogen) atoms. The van der Waals surface area contributed by atoms with Crippen molar-refractivity contribution in [1.29, 1.82) is 0 Å². The maximum Gasteiger partial charge on any atom is 0.238 e. The number of amides is 1. The van der Waals surface area contributed by atoms with Gasteiger partial charge in [-0.15, -0.1) is 0 Å². The molecule has 1 amide bonds. The zero-order valence-corrected chi connectivity index (χ0v) is 11.6. The lowest BCUT2D eigenvalue weighted by atomic mass is 9.79. The van der Waals surface area contributed by atoms with Gasteiger partial charge in [0.15, 0.2) is 0 Å². The van der Waals surface area contributed by atoms with Crippen LogP contribution < -0.4 is 11.1 Å². The number of nitrogens with two attached hydrogens (primary N) is 1. The largest absolute Gasteiger partial charge is 0.368 e. The van der Waals surface area contributed by atoms with Gasteiger partial charge in [0.2, 0.25) is 5.91 Å². The van der Waals surface area contributed by atoms with Gasteiger partial charge >= 0.3 is 0 Å². The molecule has 3 N–H and O–H groups in total. The number of carbonyl (C=O) groups excluding carboxylic acids is 1. The normalized spacial score (nSPS) is 29.3. The number of rotatable bonds is 4. The Morgan fingerprint density at radius 3 is 2.50 bits per heavy atom. The van der Waals surface area contributed by atoms with Crippen molar-refractivity contribution in [3.05, 3.63) is 0 Å². The number of thioether (sulfide) groups is 1. The van der Waals surface area contributed by atoms with E-state index in [1.54, 1.807) is 0 Å². The van der Waals surface area contributed by atoms with Gasteiger partial charge in [-0.1, -0.05) is 27.7 Å². The molecule has 94 valence electrons. The minimum Gasteiger partial charge on any atom is -0.368 e. The molecule has 1 rings (SSSR count). The summed E-state index contributed by atoms with van der Waals surface area (Å²) in [5.74, 6) is 2.24. The predicted octanol–water partition coefficient (Wildman–Crippen LogP) is 1.62. The first-order chi connectivity index (χ1) is 7.27. The molecular weight excluding hydrogens is 220 g/mol. The lowest BCUT2D eigenvalue weighted by molar-refractivity contribution is -0.125. The highest BCUT2D eigenvalue weighted by molar-refractivity contribution is 7.99. The van der Waals surface area contributed by atoms with Crippen molar-refractivity contribution < 1.29 is 4.79 Å².